The zero-order chi connectivity index (χ0) is 22.5. The SMILES string of the molecule is CCNC(=NCC(C)Oc1ccccc1OC)NCCNC(=O)c1ccc(OC)cc1.I. The van der Waals surface area contributed by atoms with E-state index in [0.29, 0.717) is 48.4 Å². The average Bonchev–Trinajstić information content (AvgIpc) is 2.80. The van der Waals surface area contributed by atoms with E-state index in [4.69, 9.17) is 14.2 Å². The van der Waals surface area contributed by atoms with Gasteiger partial charge in [0.15, 0.2) is 17.5 Å². The first kappa shape index (κ1) is 27.3. The highest BCUT2D eigenvalue weighted by Crippen LogP contribution is 2.26. The Balaban J connectivity index is 0.00000512. The molecule has 0 saturated carbocycles. The molecule has 2 aromatic carbocycles. The van der Waals surface area contributed by atoms with Gasteiger partial charge in [0.2, 0.25) is 0 Å². The molecule has 0 fully saturated rings. The fourth-order valence-electron chi connectivity index (χ4n) is 2.73. The van der Waals surface area contributed by atoms with Crippen molar-refractivity contribution >= 4 is 35.8 Å². The zero-order valence-corrected chi connectivity index (χ0v) is 21.3. The van der Waals surface area contributed by atoms with E-state index in [0.717, 1.165) is 6.54 Å². The van der Waals surface area contributed by atoms with E-state index in [2.05, 4.69) is 20.9 Å². The van der Waals surface area contributed by atoms with Gasteiger partial charge in [0.05, 0.1) is 20.8 Å². The number of hydrogen-bond donors (Lipinski definition) is 3. The number of ether oxygens (including phenoxy) is 3. The lowest BCUT2D eigenvalue weighted by atomic mass is 10.2. The molecule has 3 N–H and O–H groups in total. The molecule has 176 valence electrons. The van der Waals surface area contributed by atoms with Gasteiger partial charge in [-0.3, -0.25) is 4.79 Å². The molecule has 8 nitrogen and oxygen atoms in total. The second kappa shape index (κ2) is 15.2. The maximum absolute atomic E-state index is 12.2. The van der Waals surface area contributed by atoms with Crippen LogP contribution in [0.15, 0.2) is 53.5 Å². The van der Waals surface area contributed by atoms with Crippen molar-refractivity contribution in [1.82, 2.24) is 16.0 Å². The van der Waals surface area contributed by atoms with E-state index in [-0.39, 0.29) is 36.0 Å². The predicted octanol–water partition coefficient (Wildman–Crippen LogP) is 3.07. The number of methoxy groups -OCH3 is 2. The van der Waals surface area contributed by atoms with Crippen molar-refractivity contribution in [2.45, 2.75) is 20.0 Å². The number of aliphatic imine (C=N–C) groups is 1. The van der Waals surface area contributed by atoms with Crippen LogP contribution in [0.5, 0.6) is 17.2 Å². The van der Waals surface area contributed by atoms with Crippen molar-refractivity contribution < 1.29 is 19.0 Å². The number of rotatable bonds is 11. The number of nitrogens with zero attached hydrogens (tertiary/aromatic N) is 1. The molecular formula is C23H33IN4O4. The summed E-state index contributed by atoms with van der Waals surface area (Å²) in [6.07, 6.45) is -0.137. The van der Waals surface area contributed by atoms with Gasteiger partial charge in [-0.25, -0.2) is 4.99 Å². The Morgan fingerprint density at radius 1 is 0.938 bits per heavy atom. The fourth-order valence-corrected chi connectivity index (χ4v) is 2.73. The quantitative estimate of drug-likeness (QED) is 0.171. The maximum atomic E-state index is 12.2. The Kier molecular flexibility index (Phi) is 13.0. The monoisotopic (exact) mass is 556 g/mol. The third-order valence-corrected chi connectivity index (χ3v) is 4.30. The molecule has 0 aromatic heterocycles. The topological polar surface area (TPSA) is 93.2 Å². The molecule has 0 spiro atoms. The Hall–Kier alpha value is -2.69. The molecule has 0 saturated heterocycles. The molecule has 2 rings (SSSR count). The average molecular weight is 556 g/mol. The molecule has 0 heterocycles. The molecule has 1 unspecified atom stereocenters. The van der Waals surface area contributed by atoms with Gasteiger partial charge < -0.3 is 30.2 Å². The van der Waals surface area contributed by atoms with Gasteiger partial charge in [-0.1, -0.05) is 12.1 Å². The van der Waals surface area contributed by atoms with E-state index >= 15 is 0 Å². The first-order valence-corrected chi connectivity index (χ1v) is 10.3. The number of guanidine groups is 1. The van der Waals surface area contributed by atoms with Gasteiger partial charge in [-0.15, -0.1) is 24.0 Å². The van der Waals surface area contributed by atoms with Crippen LogP contribution in [-0.2, 0) is 0 Å². The predicted molar refractivity (Wildman–Crippen MR) is 138 cm³/mol. The van der Waals surface area contributed by atoms with Crippen molar-refractivity contribution in [3.63, 3.8) is 0 Å². The summed E-state index contributed by atoms with van der Waals surface area (Å²) in [7, 11) is 3.21. The zero-order valence-electron chi connectivity index (χ0n) is 19.0. The van der Waals surface area contributed by atoms with Crippen LogP contribution >= 0.6 is 24.0 Å². The number of nitrogens with one attached hydrogen (secondary N) is 3. The lowest BCUT2D eigenvalue weighted by Crippen LogP contribution is -2.42. The third kappa shape index (κ3) is 9.21. The van der Waals surface area contributed by atoms with Crippen LogP contribution in [0.4, 0.5) is 0 Å². The van der Waals surface area contributed by atoms with Gasteiger partial charge >= 0.3 is 0 Å². The van der Waals surface area contributed by atoms with Crippen LogP contribution < -0.4 is 30.2 Å². The normalized spacial score (nSPS) is 11.6. The lowest BCUT2D eigenvalue weighted by Gasteiger charge is -2.17. The summed E-state index contributed by atoms with van der Waals surface area (Å²) in [5.41, 5.74) is 0.587. The smallest absolute Gasteiger partial charge is 0.251 e. The second-order valence-corrected chi connectivity index (χ2v) is 6.71. The van der Waals surface area contributed by atoms with Crippen LogP contribution in [0.25, 0.3) is 0 Å². The summed E-state index contributed by atoms with van der Waals surface area (Å²) < 4.78 is 16.4. The Labute approximate surface area is 207 Å². The summed E-state index contributed by atoms with van der Waals surface area (Å²) in [4.78, 5) is 16.8. The first-order valence-electron chi connectivity index (χ1n) is 10.3. The second-order valence-electron chi connectivity index (χ2n) is 6.71. The molecule has 1 atom stereocenters. The number of carbonyl (C=O) groups excluding carboxylic acids is 1. The number of hydrogen-bond acceptors (Lipinski definition) is 5. The van der Waals surface area contributed by atoms with Gasteiger partial charge in [-0.05, 0) is 50.2 Å². The summed E-state index contributed by atoms with van der Waals surface area (Å²) in [5.74, 6) is 2.62. The molecule has 1 amide bonds. The maximum Gasteiger partial charge on any atom is 0.251 e. The molecule has 32 heavy (non-hydrogen) atoms. The fraction of sp³-hybridized carbons (Fsp3) is 0.391. The molecule has 0 bridgehead atoms. The molecule has 2 aromatic rings. The van der Waals surface area contributed by atoms with Crippen molar-refractivity contribution in [3.8, 4) is 17.2 Å². The summed E-state index contributed by atoms with van der Waals surface area (Å²) >= 11 is 0. The number of benzene rings is 2. The summed E-state index contributed by atoms with van der Waals surface area (Å²) in [5, 5.41) is 9.28. The molecule has 0 aliphatic heterocycles. The number of halogens is 1. The minimum absolute atomic E-state index is 0. The van der Waals surface area contributed by atoms with Crippen LogP contribution in [0.2, 0.25) is 0 Å². The van der Waals surface area contributed by atoms with Crippen molar-refractivity contribution in [2.75, 3.05) is 40.4 Å². The molecule has 0 radical (unpaired) electrons. The molecule has 0 aliphatic rings. The van der Waals surface area contributed by atoms with Crippen LogP contribution in [0, 0.1) is 0 Å². The Bertz CT molecular complexity index is 846. The van der Waals surface area contributed by atoms with Crippen LogP contribution in [-0.4, -0.2) is 58.4 Å². The first-order chi connectivity index (χ1) is 15.1. The van der Waals surface area contributed by atoms with Crippen LogP contribution in [0.1, 0.15) is 24.2 Å². The third-order valence-electron chi connectivity index (χ3n) is 4.30. The van der Waals surface area contributed by atoms with E-state index in [1.807, 2.05) is 38.1 Å². The summed E-state index contributed by atoms with van der Waals surface area (Å²) in [6.45, 7) is 6.14. The van der Waals surface area contributed by atoms with Gasteiger partial charge in [-0.2, -0.15) is 0 Å². The summed E-state index contributed by atoms with van der Waals surface area (Å²) in [6, 6.07) is 14.5. The van der Waals surface area contributed by atoms with Crippen molar-refractivity contribution in [3.05, 3.63) is 54.1 Å². The van der Waals surface area contributed by atoms with E-state index < -0.39 is 0 Å². The number of para-hydroxylation sites is 2. The minimum Gasteiger partial charge on any atom is -0.497 e. The highest BCUT2D eigenvalue weighted by Gasteiger charge is 2.09. The standard InChI is InChI=1S/C23H32N4O4.HI/c1-5-24-23(27-16-17(2)31-21-9-7-6-8-20(21)30-4)26-15-14-25-22(28)18-10-12-19(29-3)13-11-18;/h6-13,17H,5,14-16H2,1-4H3,(H,25,28)(H2,24,26,27);1H. The van der Waals surface area contributed by atoms with Crippen LogP contribution in [0.3, 0.4) is 0 Å². The Morgan fingerprint density at radius 2 is 1.59 bits per heavy atom. The molecule has 0 aliphatic carbocycles. The largest absolute Gasteiger partial charge is 0.497 e. The number of carbonyl (C=O) groups is 1. The van der Waals surface area contributed by atoms with E-state index in [1.165, 1.54) is 0 Å². The lowest BCUT2D eigenvalue weighted by molar-refractivity contribution is 0.0954. The van der Waals surface area contributed by atoms with E-state index in [9.17, 15) is 4.79 Å². The highest BCUT2D eigenvalue weighted by molar-refractivity contribution is 14.0. The molecule has 9 heteroatoms. The number of amides is 1. The molecular weight excluding hydrogens is 523 g/mol. The van der Waals surface area contributed by atoms with Gasteiger partial charge in [0.1, 0.15) is 11.9 Å². The van der Waals surface area contributed by atoms with Gasteiger partial charge in [0, 0.05) is 25.2 Å². The minimum atomic E-state index is -0.137. The van der Waals surface area contributed by atoms with E-state index in [1.54, 1.807) is 38.5 Å². The highest BCUT2D eigenvalue weighted by atomic mass is 127. The van der Waals surface area contributed by atoms with Crippen molar-refractivity contribution in [1.29, 1.82) is 0 Å². The Morgan fingerprint density at radius 3 is 2.22 bits per heavy atom. The van der Waals surface area contributed by atoms with Gasteiger partial charge in [0.25, 0.3) is 5.91 Å². The van der Waals surface area contributed by atoms with Crippen molar-refractivity contribution in [2.24, 2.45) is 4.99 Å².